The van der Waals surface area contributed by atoms with Gasteiger partial charge in [0.15, 0.2) is 0 Å². The van der Waals surface area contributed by atoms with Crippen molar-refractivity contribution >= 4 is 10.9 Å². The summed E-state index contributed by atoms with van der Waals surface area (Å²) >= 11 is 0. The quantitative estimate of drug-likeness (QED) is 0.0964. The number of rotatable bonds is 9. The predicted octanol–water partition coefficient (Wildman–Crippen LogP) is 11.2. The molecule has 0 saturated carbocycles. The molecule has 290 valence electrons. The molecule has 4 heterocycles. The Morgan fingerprint density at radius 3 is 1.85 bits per heavy atom. The number of nitrogens with zero attached hydrogens (tertiary/aromatic N) is 2. The second-order valence-corrected chi connectivity index (χ2v) is 13.9. The van der Waals surface area contributed by atoms with Gasteiger partial charge in [-0.15, -0.1) is 6.58 Å². The van der Waals surface area contributed by atoms with Gasteiger partial charge in [-0.3, -0.25) is 4.98 Å². The van der Waals surface area contributed by atoms with E-state index in [9.17, 15) is 52.7 Å². The van der Waals surface area contributed by atoms with Crippen molar-refractivity contribution in [3.63, 3.8) is 0 Å². The van der Waals surface area contributed by atoms with Gasteiger partial charge in [-0.25, -0.2) is 0 Å². The maximum atomic E-state index is 14.0. The molecule has 5 atom stereocenters. The van der Waals surface area contributed by atoms with E-state index in [-0.39, 0.29) is 53.6 Å². The maximum absolute atomic E-state index is 14.0. The summed E-state index contributed by atoms with van der Waals surface area (Å²) in [6, 6.07) is 8.18. The molecule has 0 N–H and O–H groups in total. The van der Waals surface area contributed by atoms with Crippen LogP contribution in [0, 0.1) is 11.8 Å². The van der Waals surface area contributed by atoms with Gasteiger partial charge in [-0.1, -0.05) is 6.08 Å². The topological polar surface area (TPSA) is 31.4 Å². The molecule has 3 unspecified atom stereocenters. The van der Waals surface area contributed by atoms with Crippen molar-refractivity contribution in [2.45, 2.75) is 62.8 Å². The van der Waals surface area contributed by atoms with Gasteiger partial charge in [0.25, 0.3) is 0 Å². The Labute approximate surface area is 301 Å². The molecule has 1 aromatic heterocycles. The van der Waals surface area contributed by atoms with Gasteiger partial charge in [0.2, 0.25) is 0 Å². The van der Waals surface area contributed by atoms with Gasteiger partial charge in [0, 0.05) is 35.9 Å². The highest BCUT2D eigenvalue weighted by Gasteiger charge is 2.55. The summed E-state index contributed by atoms with van der Waals surface area (Å²) < 4.78 is 178. The number of quaternary nitrogens is 1. The largest absolute Gasteiger partial charge is 0.497 e. The molecule has 4 aromatic rings. The molecular formula is C38H33F12N2O2+. The average Bonchev–Trinajstić information content (AvgIpc) is 3.10. The van der Waals surface area contributed by atoms with E-state index in [0.29, 0.717) is 59.3 Å². The number of halogens is 12. The smallest absolute Gasteiger partial charge is 0.416 e. The molecule has 16 heteroatoms. The fraction of sp³-hybridized carbons (Fsp3) is 0.395. The third-order valence-corrected chi connectivity index (χ3v) is 10.5. The van der Waals surface area contributed by atoms with Crippen LogP contribution in [-0.2, 0) is 42.6 Å². The van der Waals surface area contributed by atoms with Crippen LogP contribution < -0.4 is 4.74 Å². The summed E-state index contributed by atoms with van der Waals surface area (Å²) in [5.74, 6) is 0.127. The monoisotopic (exact) mass is 777 g/mol. The highest BCUT2D eigenvalue weighted by molar-refractivity contribution is 5.84. The lowest BCUT2D eigenvalue weighted by atomic mass is 9.71. The van der Waals surface area contributed by atoms with Gasteiger partial charge >= 0.3 is 24.7 Å². The maximum Gasteiger partial charge on any atom is 0.416 e. The minimum Gasteiger partial charge on any atom is -0.497 e. The lowest BCUT2D eigenvalue weighted by Crippen LogP contribution is -2.67. The van der Waals surface area contributed by atoms with E-state index in [1.165, 1.54) is 13.3 Å². The van der Waals surface area contributed by atoms with E-state index in [4.69, 9.17) is 9.47 Å². The average molecular weight is 778 g/mol. The number of aromatic nitrogens is 1. The lowest BCUT2D eigenvalue weighted by Gasteiger charge is -2.58. The van der Waals surface area contributed by atoms with E-state index in [1.807, 2.05) is 0 Å². The Morgan fingerprint density at radius 2 is 1.33 bits per heavy atom. The molecule has 3 aromatic carbocycles. The Balaban J connectivity index is 1.51. The molecule has 3 saturated heterocycles. The number of fused-ring (bicyclic) bond motifs is 4. The van der Waals surface area contributed by atoms with Crippen LogP contribution in [0.15, 0.2) is 79.5 Å². The molecule has 3 aliphatic rings. The standard InChI is InChI=1S/C38H33F12N2O2/c1-3-23-19-52(18-21-10-25(35(39,40)41)15-26(11-21)36(42,43)44)9-7-24(23)14-33(52)34(30-6-8-51-32-5-4-29(53-2)17-31(30)32)54-20-22-12-27(37(45,46)47)16-28(13-22)38(48,49)50/h3-6,8,10-13,15-17,23-24,33-34H,1,7,9,14,18-20H2,2H3/q+1/t23?,24?,33-,34+,52?/m1/s1. The fourth-order valence-corrected chi connectivity index (χ4v) is 8.06. The fourth-order valence-electron chi connectivity index (χ4n) is 8.06. The SMILES string of the molecule is C=CC1C[N+]2(Cc3cc(C(F)(F)F)cc(C(F)(F)F)c3)CCC1C[C@@H]2[C@@H](OCc1cc(C(F)(F)F)cc(C(F)(F)F)c1)c1ccnc2ccc(OC)cc12. The molecule has 0 amide bonds. The number of methoxy groups -OCH3 is 1. The molecule has 0 radical (unpaired) electrons. The number of ether oxygens (including phenoxy) is 2. The van der Waals surface area contributed by atoms with E-state index in [1.54, 1.807) is 30.3 Å². The Morgan fingerprint density at radius 1 is 0.778 bits per heavy atom. The molecule has 0 spiro atoms. The third kappa shape index (κ3) is 8.04. The van der Waals surface area contributed by atoms with Crippen molar-refractivity contribution in [3.8, 4) is 5.75 Å². The summed E-state index contributed by atoms with van der Waals surface area (Å²) in [6.07, 6.45) is -17.7. The van der Waals surface area contributed by atoms with E-state index >= 15 is 0 Å². The molecule has 3 aliphatic heterocycles. The number of alkyl halides is 12. The van der Waals surface area contributed by atoms with Crippen molar-refractivity contribution in [2.75, 3.05) is 20.2 Å². The van der Waals surface area contributed by atoms with E-state index in [0.717, 1.165) is 0 Å². The van der Waals surface area contributed by atoms with Crippen LogP contribution in [0.1, 0.15) is 57.9 Å². The van der Waals surface area contributed by atoms with Gasteiger partial charge < -0.3 is 14.0 Å². The molecule has 4 nitrogen and oxygen atoms in total. The normalized spacial score (nSPS) is 22.7. The van der Waals surface area contributed by atoms with Crippen LogP contribution in [0.3, 0.4) is 0 Å². The zero-order chi connectivity index (χ0) is 39.4. The number of pyridine rings is 1. The lowest BCUT2D eigenvalue weighted by molar-refractivity contribution is -0.985. The first-order valence-electron chi connectivity index (χ1n) is 16.7. The number of hydrogen-bond acceptors (Lipinski definition) is 3. The summed E-state index contributed by atoms with van der Waals surface area (Å²) in [5, 5.41) is 0.460. The van der Waals surface area contributed by atoms with Gasteiger partial charge in [-0.05, 0) is 77.7 Å². The van der Waals surface area contributed by atoms with Crippen molar-refractivity contribution in [2.24, 2.45) is 11.8 Å². The van der Waals surface area contributed by atoms with E-state index < -0.39 is 71.3 Å². The first-order chi connectivity index (χ1) is 25.1. The summed E-state index contributed by atoms with van der Waals surface area (Å²) in [4.78, 5) is 4.37. The van der Waals surface area contributed by atoms with Crippen molar-refractivity contribution < 1.29 is 66.6 Å². The second-order valence-electron chi connectivity index (χ2n) is 13.9. The zero-order valence-corrected chi connectivity index (χ0v) is 28.4. The minimum absolute atomic E-state index is 0.00466. The molecule has 3 fully saturated rings. The molecule has 7 rings (SSSR count). The predicted molar refractivity (Wildman–Crippen MR) is 173 cm³/mol. The highest BCUT2D eigenvalue weighted by Crippen LogP contribution is 2.50. The Kier molecular flexibility index (Phi) is 10.3. The van der Waals surface area contributed by atoms with Gasteiger partial charge in [0.05, 0.1) is 54.6 Å². The van der Waals surface area contributed by atoms with Crippen molar-refractivity contribution in [1.82, 2.24) is 4.98 Å². The Bertz CT molecular complexity index is 1960. The number of hydrogen-bond donors (Lipinski definition) is 0. The third-order valence-electron chi connectivity index (χ3n) is 10.5. The van der Waals surface area contributed by atoms with Gasteiger partial charge in [-0.2, -0.15) is 52.7 Å². The highest BCUT2D eigenvalue weighted by atomic mass is 19.4. The van der Waals surface area contributed by atoms with Crippen LogP contribution in [0.25, 0.3) is 10.9 Å². The first kappa shape index (κ1) is 39.4. The van der Waals surface area contributed by atoms with Gasteiger partial charge in [0.1, 0.15) is 24.4 Å². The van der Waals surface area contributed by atoms with Crippen LogP contribution >= 0.6 is 0 Å². The number of benzene rings is 3. The summed E-state index contributed by atoms with van der Waals surface area (Å²) in [7, 11) is 1.41. The molecular weight excluding hydrogens is 744 g/mol. The zero-order valence-electron chi connectivity index (χ0n) is 28.4. The van der Waals surface area contributed by atoms with E-state index in [2.05, 4.69) is 11.6 Å². The Hall–Kier alpha value is -4.31. The van der Waals surface area contributed by atoms with Crippen LogP contribution in [-0.4, -0.2) is 35.7 Å². The minimum atomic E-state index is -5.13. The van der Waals surface area contributed by atoms with Crippen LogP contribution in [0.5, 0.6) is 5.75 Å². The molecule has 54 heavy (non-hydrogen) atoms. The number of piperidine rings is 3. The molecule has 2 bridgehead atoms. The summed E-state index contributed by atoms with van der Waals surface area (Å²) in [6.45, 7) is 3.35. The van der Waals surface area contributed by atoms with Crippen LogP contribution in [0.2, 0.25) is 0 Å². The van der Waals surface area contributed by atoms with Crippen molar-refractivity contribution in [3.05, 3.63) is 118 Å². The first-order valence-corrected chi connectivity index (χ1v) is 16.7. The molecule has 0 aliphatic carbocycles. The summed E-state index contributed by atoms with van der Waals surface area (Å²) in [5.41, 5.74) is -5.93. The second kappa shape index (κ2) is 14.1. The van der Waals surface area contributed by atoms with Crippen molar-refractivity contribution in [1.29, 1.82) is 0 Å². The van der Waals surface area contributed by atoms with Crippen LogP contribution in [0.4, 0.5) is 52.7 Å².